The third-order valence-corrected chi connectivity index (χ3v) is 8.58. The number of nitrogens with zero attached hydrogens (tertiary/aromatic N) is 4. The van der Waals surface area contributed by atoms with Gasteiger partial charge in [0.1, 0.15) is 0 Å². The third-order valence-electron chi connectivity index (χ3n) is 7.04. The Labute approximate surface area is 211 Å². The normalized spacial score (nSPS) is 21.2. The number of pyridine rings is 1. The van der Waals surface area contributed by atoms with Gasteiger partial charge >= 0.3 is 6.03 Å². The Morgan fingerprint density at radius 2 is 1.94 bits per heavy atom. The molecular formula is C25H30ClN5O3S. The summed E-state index contributed by atoms with van der Waals surface area (Å²) in [5, 5.41) is 3.53. The van der Waals surface area contributed by atoms with Gasteiger partial charge < -0.3 is 10.2 Å². The molecule has 1 aliphatic carbocycles. The molecule has 2 amide bonds. The van der Waals surface area contributed by atoms with E-state index in [2.05, 4.69) is 28.4 Å². The molecule has 0 spiro atoms. The van der Waals surface area contributed by atoms with Crippen molar-refractivity contribution in [2.45, 2.75) is 18.9 Å². The number of carbonyl (C=O) groups excluding carboxylic acids is 1. The van der Waals surface area contributed by atoms with E-state index in [9.17, 15) is 13.2 Å². The Kier molecular flexibility index (Phi) is 6.85. The number of rotatable bonds is 6. The maximum atomic E-state index is 12.1. The Morgan fingerprint density at radius 3 is 2.66 bits per heavy atom. The number of fused-ring (bicyclic) bond motifs is 2. The number of benzene rings is 1. The van der Waals surface area contributed by atoms with Gasteiger partial charge in [-0.25, -0.2) is 13.2 Å². The molecule has 1 N–H and O–H groups in total. The molecule has 2 fully saturated rings. The average molecular weight is 516 g/mol. The lowest BCUT2D eigenvalue weighted by Gasteiger charge is -2.39. The Morgan fingerprint density at radius 1 is 1.14 bits per heavy atom. The highest BCUT2D eigenvalue weighted by molar-refractivity contribution is 7.88. The van der Waals surface area contributed by atoms with E-state index in [0.29, 0.717) is 44.3 Å². The van der Waals surface area contributed by atoms with Crippen molar-refractivity contribution in [2.75, 3.05) is 52.1 Å². The van der Waals surface area contributed by atoms with E-state index < -0.39 is 10.0 Å². The lowest BCUT2D eigenvalue weighted by Crippen LogP contribution is -2.49. The van der Waals surface area contributed by atoms with Crippen LogP contribution >= 0.6 is 11.6 Å². The van der Waals surface area contributed by atoms with Crippen LogP contribution in [-0.2, 0) is 10.0 Å². The van der Waals surface area contributed by atoms with Crippen molar-refractivity contribution in [3.8, 4) is 0 Å². The van der Waals surface area contributed by atoms with Gasteiger partial charge in [-0.05, 0) is 47.7 Å². The molecule has 0 saturated carbocycles. The second kappa shape index (κ2) is 9.89. The molecule has 3 heterocycles. The number of carbonyl (C=O) groups is 1. The number of hydrogen-bond acceptors (Lipinski definition) is 5. The maximum Gasteiger partial charge on any atom is 0.317 e. The van der Waals surface area contributed by atoms with Crippen molar-refractivity contribution in [2.24, 2.45) is 0 Å². The molecule has 2 aliphatic heterocycles. The van der Waals surface area contributed by atoms with Crippen LogP contribution in [0.15, 0.2) is 36.5 Å². The number of allylic oxidation sites excluding steroid dienone is 1. The van der Waals surface area contributed by atoms with Crippen molar-refractivity contribution in [3.05, 3.63) is 63.9 Å². The minimum absolute atomic E-state index is 0.00680. The topological polar surface area (TPSA) is 85.9 Å². The smallest absolute Gasteiger partial charge is 0.317 e. The maximum absolute atomic E-state index is 12.1. The highest BCUT2D eigenvalue weighted by Gasteiger charge is 2.34. The molecule has 10 heteroatoms. The molecule has 1 atom stereocenters. The molecule has 186 valence electrons. The van der Waals surface area contributed by atoms with Crippen LogP contribution in [0.4, 0.5) is 4.79 Å². The van der Waals surface area contributed by atoms with E-state index in [-0.39, 0.29) is 12.1 Å². The monoisotopic (exact) mass is 515 g/mol. The van der Waals surface area contributed by atoms with E-state index in [0.717, 1.165) is 41.8 Å². The predicted molar refractivity (Wildman–Crippen MR) is 138 cm³/mol. The van der Waals surface area contributed by atoms with Crippen LogP contribution in [0.2, 0.25) is 5.02 Å². The molecule has 1 aromatic heterocycles. The van der Waals surface area contributed by atoms with Crippen LogP contribution in [0.3, 0.4) is 0 Å². The first kappa shape index (κ1) is 24.2. The molecular weight excluding hydrogens is 486 g/mol. The second-order valence-corrected chi connectivity index (χ2v) is 11.7. The van der Waals surface area contributed by atoms with Gasteiger partial charge in [-0.15, -0.1) is 0 Å². The predicted octanol–water partition coefficient (Wildman–Crippen LogP) is 3.06. The molecule has 0 radical (unpaired) electrons. The number of piperazine rings is 1. The van der Waals surface area contributed by atoms with Crippen molar-refractivity contribution in [1.82, 2.24) is 24.4 Å². The zero-order chi connectivity index (χ0) is 24.6. The van der Waals surface area contributed by atoms with Crippen LogP contribution in [0, 0.1) is 0 Å². The number of hydrogen-bond donors (Lipinski definition) is 1. The fraction of sp³-hybridized carbons (Fsp3) is 0.440. The summed E-state index contributed by atoms with van der Waals surface area (Å²) in [6.45, 7) is 4.31. The van der Waals surface area contributed by atoms with Gasteiger partial charge in [-0.3, -0.25) is 9.88 Å². The van der Waals surface area contributed by atoms with E-state index in [4.69, 9.17) is 16.6 Å². The first-order valence-electron chi connectivity index (χ1n) is 12.0. The van der Waals surface area contributed by atoms with Gasteiger partial charge in [0.25, 0.3) is 0 Å². The van der Waals surface area contributed by atoms with E-state index in [1.165, 1.54) is 11.8 Å². The third kappa shape index (κ3) is 5.09. The Hall–Kier alpha value is -2.46. The number of nitrogens with one attached hydrogen (secondary N) is 1. The number of urea groups is 1. The average Bonchev–Trinajstić information content (AvgIpc) is 3.18. The molecule has 1 aromatic carbocycles. The molecule has 35 heavy (non-hydrogen) atoms. The SMILES string of the molecule is CS(=O)(=O)N1CCN(C2c3ccc(Cl)cc3C=C(CCCN3CCNC3=O)c3cccnc32)CC1. The molecule has 5 rings (SSSR count). The standard InChI is InChI=1S/C25H30ClN5O3S/c1-35(33,34)31-14-12-29(13-15-31)24-22-7-6-20(26)17-19(22)16-18(21-5-2-8-27-23(21)24)4-3-10-30-11-9-28-25(30)32/h2,5-8,16-17,24H,3-4,9-15H2,1H3,(H,28,32). The minimum atomic E-state index is -3.21. The second-order valence-electron chi connectivity index (χ2n) is 9.30. The largest absolute Gasteiger partial charge is 0.336 e. The summed E-state index contributed by atoms with van der Waals surface area (Å²) in [5.41, 5.74) is 5.43. The number of amides is 2. The van der Waals surface area contributed by atoms with Gasteiger partial charge in [0.2, 0.25) is 10.0 Å². The summed E-state index contributed by atoms with van der Waals surface area (Å²) in [4.78, 5) is 21.0. The number of halogens is 1. The first-order chi connectivity index (χ1) is 16.8. The molecule has 0 bridgehead atoms. The van der Waals surface area contributed by atoms with E-state index in [1.807, 2.05) is 29.3 Å². The molecule has 3 aliphatic rings. The summed E-state index contributed by atoms with van der Waals surface area (Å²) in [6.07, 6.45) is 6.96. The fourth-order valence-electron chi connectivity index (χ4n) is 5.29. The minimum Gasteiger partial charge on any atom is -0.336 e. The zero-order valence-corrected chi connectivity index (χ0v) is 21.4. The van der Waals surface area contributed by atoms with Gasteiger partial charge in [0.15, 0.2) is 0 Å². The summed E-state index contributed by atoms with van der Waals surface area (Å²) in [7, 11) is -3.21. The Balaban J connectivity index is 1.47. The van der Waals surface area contributed by atoms with Crippen LogP contribution in [0.5, 0.6) is 0 Å². The van der Waals surface area contributed by atoms with Crippen molar-refractivity contribution < 1.29 is 13.2 Å². The highest BCUT2D eigenvalue weighted by Crippen LogP contribution is 2.41. The van der Waals surface area contributed by atoms with Gasteiger partial charge in [0.05, 0.1) is 18.0 Å². The number of sulfonamides is 1. The van der Waals surface area contributed by atoms with E-state index in [1.54, 1.807) is 4.31 Å². The summed E-state index contributed by atoms with van der Waals surface area (Å²) >= 11 is 6.42. The molecule has 2 aromatic rings. The van der Waals surface area contributed by atoms with Crippen molar-refractivity contribution in [1.29, 1.82) is 0 Å². The Bertz CT molecular complexity index is 1260. The summed E-state index contributed by atoms with van der Waals surface area (Å²) in [6, 6.07) is 9.96. The number of aromatic nitrogens is 1. The lowest BCUT2D eigenvalue weighted by molar-refractivity contribution is 0.154. The van der Waals surface area contributed by atoms with E-state index >= 15 is 0 Å². The highest BCUT2D eigenvalue weighted by atomic mass is 35.5. The molecule has 1 unspecified atom stereocenters. The van der Waals surface area contributed by atoms with Crippen LogP contribution in [-0.4, -0.2) is 85.6 Å². The summed E-state index contributed by atoms with van der Waals surface area (Å²) < 4.78 is 25.7. The molecule has 2 saturated heterocycles. The molecule has 8 nitrogen and oxygen atoms in total. The quantitative estimate of drug-likeness (QED) is 0.639. The van der Waals surface area contributed by atoms with Gasteiger partial charge in [0, 0.05) is 62.6 Å². The summed E-state index contributed by atoms with van der Waals surface area (Å²) in [5.74, 6) is 0. The van der Waals surface area contributed by atoms with Crippen molar-refractivity contribution >= 4 is 39.3 Å². The lowest BCUT2D eigenvalue weighted by atomic mass is 9.95. The van der Waals surface area contributed by atoms with Crippen LogP contribution in [0.25, 0.3) is 11.6 Å². The van der Waals surface area contributed by atoms with Gasteiger partial charge in [-0.2, -0.15) is 4.31 Å². The fourth-order valence-corrected chi connectivity index (χ4v) is 6.30. The van der Waals surface area contributed by atoms with Crippen molar-refractivity contribution in [3.63, 3.8) is 0 Å². The zero-order valence-electron chi connectivity index (χ0n) is 19.8. The van der Waals surface area contributed by atoms with Gasteiger partial charge in [-0.1, -0.05) is 29.8 Å². The van der Waals surface area contributed by atoms with Crippen LogP contribution in [0.1, 0.15) is 41.3 Å². The van der Waals surface area contributed by atoms with Crippen LogP contribution < -0.4 is 5.32 Å². The first-order valence-corrected chi connectivity index (χ1v) is 14.2.